The zero-order chi connectivity index (χ0) is 15.8. The van der Waals surface area contributed by atoms with E-state index in [1.807, 2.05) is 18.2 Å². The number of amides is 1. The molecule has 4 rings (SSSR count). The Morgan fingerprint density at radius 1 is 1.25 bits per heavy atom. The molecule has 2 saturated carbocycles. The van der Waals surface area contributed by atoms with Gasteiger partial charge in [-0.25, -0.2) is 4.98 Å². The van der Waals surface area contributed by atoms with Crippen LogP contribution in [0.25, 0.3) is 11.1 Å². The fourth-order valence-corrected chi connectivity index (χ4v) is 3.47. The Labute approximate surface area is 147 Å². The van der Waals surface area contributed by atoms with E-state index in [0.717, 1.165) is 48.4 Å². The Morgan fingerprint density at radius 2 is 2.04 bits per heavy atom. The molecule has 0 spiro atoms. The van der Waals surface area contributed by atoms with Crippen molar-refractivity contribution in [1.82, 2.24) is 4.98 Å². The topological polar surface area (TPSA) is 81.2 Å². The van der Waals surface area contributed by atoms with Gasteiger partial charge in [0.15, 0.2) is 11.5 Å². The van der Waals surface area contributed by atoms with E-state index in [-0.39, 0.29) is 24.4 Å². The molecule has 2 atom stereocenters. The van der Waals surface area contributed by atoms with Crippen molar-refractivity contribution < 1.29 is 9.21 Å². The summed E-state index contributed by atoms with van der Waals surface area (Å²) >= 11 is 0. The molecule has 2 aliphatic carbocycles. The molecule has 3 N–H and O–H groups in total. The summed E-state index contributed by atoms with van der Waals surface area (Å²) in [5, 5.41) is 2.98. The lowest BCUT2D eigenvalue weighted by atomic mass is 9.83. The van der Waals surface area contributed by atoms with Crippen molar-refractivity contribution in [1.29, 1.82) is 0 Å². The van der Waals surface area contributed by atoms with Gasteiger partial charge < -0.3 is 15.5 Å². The van der Waals surface area contributed by atoms with Crippen LogP contribution in [-0.2, 0) is 4.79 Å². The summed E-state index contributed by atoms with van der Waals surface area (Å²) in [5.41, 5.74) is 8.52. The van der Waals surface area contributed by atoms with Gasteiger partial charge in [-0.3, -0.25) is 4.79 Å². The molecule has 2 aliphatic rings. The first-order valence-corrected chi connectivity index (χ1v) is 8.65. The number of anilines is 1. The first-order chi connectivity index (χ1) is 11.2. The van der Waals surface area contributed by atoms with E-state index in [2.05, 4.69) is 10.3 Å². The Bertz CT molecular complexity index is 726. The smallest absolute Gasteiger partial charge is 0.224 e. The van der Waals surface area contributed by atoms with Crippen molar-refractivity contribution in [3.63, 3.8) is 0 Å². The summed E-state index contributed by atoms with van der Waals surface area (Å²) in [4.78, 5) is 16.8. The molecule has 130 valence electrons. The molecule has 0 radical (unpaired) electrons. The second-order valence-electron chi connectivity index (χ2n) is 6.97. The Kier molecular flexibility index (Phi) is 5.11. The second kappa shape index (κ2) is 7.11. The van der Waals surface area contributed by atoms with Gasteiger partial charge in [0.05, 0.1) is 0 Å². The Hall–Kier alpha value is -1.59. The van der Waals surface area contributed by atoms with Gasteiger partial charge in [0.2, 0.25) is 5.91 Å². The lowest BCUT2D eigenvalue weighted by molar-refractivity contribution is -0.117. The number of rotatable bonds is 4. The van der Waals surface area contributed by atoms with Gasteiger partial charge in [0.1, 0.15) is 5.52 Å². The largest absolute Gasteiger partial charge is 0.440 e. The van der Waals surface area contributed by atoms with Crippen LogP contribution in [0.1, 0.15) is 56.8 Å². The quantitative estimate of drug-likeness (QED) is 0.874. The van der Waals surface area contributed by atoms with Gasteiger partial charge in [-0.1, -0.05) is 12.8 Å². The number of hydrogen-bond donors (Lipinski definition) is 2. The highest BCUT2D eigenvalue weighted by Crippen LogP contribution is 2.40. The van der Waals surface area contributed by atoms with Crippen LogP contribution < -0.4 is 11.1 Å². The third-order valence-electron chi connectivity index (χ3n) is 5.03. The summed E-state index contributed by atoms with van der Waals surface area (Å²) in [7, 11) is 0. The molecule has 6 heteroatoms. The number of nitrogens with two attached hydrogens (primary N) is 1. The van der Waals surface area contributed by atoms with E-state index in [1.54, 1.807) is 0 Å². The van der Waals surface area contributed by atoms with Gasteiger partial charge in [-0.15, -0.1) is 12.4 Å². The number of hydrogen-bond acceptors (Lipinski definition) is 4. The number of fused-ring (bicyclic) bond motifs is 1. The van der Waals surface area contributed by atoms with Crippen LogP contribution in [0, 0.1) is 5.92 Å². The van der Waals surface area contributed by atoms with Crippen molar-refractivity contribution in [2.75, 3.05) is 5.32 Å². The molecular formula is C18H24ClN3O2. The number of nitrogens with zero attached hydrogens (tertiary/aromatic N) is 1. The molecule has 5 nitrogen and oxygen atoms in total. The predicted octanol–water partition coefficient (Wildman–Crippen LogP) is 3.97. The number of aromatic nitrogens is 1. The van der Waals surface area contributed by atoms with Crippen LogP contribution >= 0.6 is 12.4 Å². The van der Waals surface area contributed by atoms with Crippen LogP contribution in [0.15, 0.2) is 22.6 Å². The molecule has 24 heavy (non-hydrogen) atoms. The maximum absolute atomic E-state index is 12.3. The Balaban J connectivity index is 0.00000169. The molecule has 2 unspecified atom stereocenters. The standard InChI is InChI=1S/C18H23N3O2.ClH/c19-14-4-2-1-3-12(14)9-17(22)20-13-7-8-16-15(10-13)21-18(23-16)11-5-6-11;/h7-8,10-12,14H,1-6,9,19H2,(H,20,22);1H. The average molecular weight is 350 g/mol. The molecule has 0 aliphatic heterocycles. The molecule has 1 aromatic heterocycles. The van der Waals surface area contributed by atoms with Gasteiger partial charge in [-0.05, 0) is 49.8 Å². The Morgan fingerprint density at radius 3 is 2.79 bits per heavy atom. The molecule has 1 aromatic carbocycles. The van der Waals surface area contributed by atoms with Gasteiger partial charge in [-0.2, -0.15) is 0 Å². The van der Waals surface area contributed by atoms with E-state index in [1.165, 1.54) is 12.8 Å². The van der Waals surface area contributed by atoms with Crippen molar-refractivity contribution in [2.24, 2.45) is 11.7 Å². The van der Waals surface area contributed by atoms with Crippen molar-refractivity contribution in [2.45, 2.75) is 56.9 Å². The van der Waals surface area contributed by atoms with E-state index in [4.69, 9.17) is 10.2 Å². The van der Waals surface area contributed by atoms with E-state index in [9.17, 15) is 4.79 Å². The maximum Gasteiger partial charge on any atom is 0.224 e. The molecule has 0 bridgehead atoms. The zero-order valence-corrected chi connectivity index (χ0v) is 14.5. The lowest BCUT2D eigenvalue weighted by Crippen LogP contribution is -2.35. The average Bonchev–Trinajstić information content (AvgIpc) is 3.29. The third kappa shape index (κ3) is 3.73. The van der Waals surface area contributed by atoms with Crippen LogP contribution in [0.4, 0.5) is 5.69 Å². The third-order valence-corrected chi connectivity index (χ3v) is 5.03. The lowest BCUT2D eigenvalue weighted by Gasteiger charge is -2.27. The monoisotopic (exact) mass is 349 g/mol. The highest BCUT2D eigenvalue weighted by atomic mass is 35.5. The summed E-state index contributed by atoms with van der Waals surface area (Å²) in [5.74, 6) is 1.67. The summed E-state index contributed by atoms with van der Waals surface area (Å²) < 4.78 is 5.75. The minimum Gasteiger partial charge on any atom is -0.440 e. The van der Waals surface area contributed by atoms with Gasteiger partial charge >= 0.3 is 0 Å². The molecule has 2 aromatic rings. The molecular weight excluding hydrogens is 326 g/mol. The van der Waals surface area contributed by atoms with Gasteiger partial charge in [0.25, 0.3) is 0 Å². The van der Waals surface area contributed by atoms with Crippen molar-refractivity contribution >= 4 is 35.1 Å². The van der Waals surface area contributed by atoms with Gasteiger partial charge in [0, 0.05) is 24.1 Å². The highest BCUT2D eigenvalue weighted by molar-refractivity contribution is 5.93. The summed E-state index contributed by atoms with van der Waals surface area (Å²) in [6.07, 6.45) is 7.29. The normalized spacial score (nSPS) is 23.7. The number of oxazole rings is 1. The fraction of sp³-hybridized carbons (Fsp3) is 0.556. The number of nitrogens with one attached hydrogen (secondary N) is 1. The number of carbonyl (C=O) groups excluding carboxylic acids is 1. The summed E-state index contributed by atoms with van der Waals surface area (Å²) in [6.45, 7) is 0. The van der Waals surface area contributed by atoms with Crippen LogP contribution in [-0.4, -0.2) is 16.9 Å². The minimum absolute atomic E-state index is 0. The molecule has 1 amide bonds. The van der Waals surface area contributed by atoms with Crippen LogP contribution in [0.3, 0.4) is 0 Å². The van der Waals surface area contributed by atoms with E-state index >= 15 is 0 Å². The first-order valence-electron chi connectivity index (χ1n) is 8.65. The molecule has 2 fully saturated rings. The molecule has 1 heterocycles. The second-order valence-corrected chi connectivity index (χ2v) is 6.97. The highest BCUT2D eigenvalue weighted by Gasteiger charge is 2.29. The van der Waals surface area contributed by atoms with Crippen LogP contribution in [0.2, 0.25) is 0 Å². The fourth-order valence-electron chi connectivity index (χ4n) is 3.47. The first kappa shape index (κ1) is 17.2. The van der Waals surface area contributed by atoms with Crippen molar-refractivity contribution in [3.05, 3.63) is 24.1 Å². The predicted molar refractivity (Wildman–Crippen MR) is 96.4 cm³/mol. The zero-order valence-electron chi connectivity index (χ0n) is 13.7. The SMILES string of the molecule is Cl.NC1CCCCC1CC(=O)Nc1ccc2oc(C3CC3)nc2c1. The van der Waals surface area contributed by atoms with E-state index in [0.29, 0.717) is 18.3 Å². The molecule has 0 saturated heterocycles. The number of carbonyl (C=O) groups is 1. The number of benzene rings is 1. The van der Waals surface area contributed by atoms with E-state index < -0.39 is 0 Å². The van der Waals surface area contributed by atoms with Crippen molar-refractivity contribution in [3.8, 4) is 0 Å². The summed E-state index contributed by atoms with van der Waals surface area (Å²) in [6, 6.07) is 5.82. The maximum atomic E-state index is 12.3. The van der Waals surface area contributed by atoms with Crippen LogP contribution in [0.5, 0.6) is 0 Å². The number of halogens is 1. The minimum atomic E-state index is 0.